The first-order valence-electron chi connectivity index (χ1n) is 8.09. The molecule has 2 fully saturated rings. The summed E-state index contributed by atoms with van der Waals surface area (Å²) in [6, 6.07) is 0.620. The fourth-order valence-electron chi connectivity index (χ4n) is 4.15. The minimum Gasteiger partial charge on any atom is -0.314 e. The molecule has 18 heavy (non-hydrogen) atoms. The number of hydrogen-bond acceptors (Lipinski definition) is 1. The van der Waals surface area contributed by atoms with Crippen LogP contribution in [0, 0.1) is 29.1 Å². The first-order chi connectivity index (χ1) is 8.36. The standard InChI is InChI=1S/C17H33N/c1-12(2)18-11-16(17(3,4)5)10-15-9-13-6-7-14(15)8-13/h12-16,18H,6-11H2,1-5H3. The monoisotopic (exact) mass is 251 g/mol. The lowest BCUT2D eigenvalue weighted by molar-refractivity contribution is 0.161. The summed E-state index contributed by atoms with van der Waals surface area (Å²) in [5.41, 5.74) is 0.448. The number of hydrogen-bond donors (Lipinski definition) is 1. The molecule has 2 rings (SSSR count). The van der Waals surface area contributed by atoms with Gasteiger partial charge in [-0.3, -0.25) is 0 Å². The molecule has 106 valence electrons. The van der Waals surface area contributed by atoms with Crippen molar-refractivity contribution in [2.24, 2.45) is 29.1 Å². The van der Waals surface area contributed by atoms with Crippen molar-refractivity contribution in [2.75, 3.05) is 6.54 Å². The van der Waals surface area contributed by atoms with Gasteiger partial charge in [-0.05, 0) is 61.3 Å². The van der Waals surface area contributed by atoms with Crippen LogP contribution >= 0.6 is 0 Å². The molecule has 2 saturated carbocycles. The molecule has 1 N–H and O–H groups in total. The van der Waals surface area contributed by atoms with E-state index in [9.17, 15) is 0 Å². The summed E-state index contributed by atoms with van der Waals surface area (Å²) >= 11 is 0. The van der Waals surface area contributed by atoms with E-state index < -0.39 is 0 Å². The predicted octanol–water partition coefficient (Wildman–Crippen LogP) is 4.47. The van der Waals surface area contributed by atoms with E-state index in [0.717, 1.165) is 23.7 Å². The highest BCUT2D eigenvalue weighted by molar-refractivity contribution is 4.92. The molecule has 0 aliphatic heterocycles. The molecule has 0 saturated heterocycles. The molecule has 0 aromatic carbocycles. The second-order valence-electron chi connectivity index (χ2n) is 8.30. The summed E-state index contributed by atoms with van der Waals surface area (Å²) in [5.74, 6) is 4.06. The Hall–Kier alpha value is -0.0400. The van der Waals surface area contributed by atoms with Crippen LogP contribution in [-0.2, 0) is 0 Å². The third-order valence-corrected chi connectivity index (χ3v) is 5.47. The Kier molecular flexibility index (Phi) is 4.41. The van der Waals surface area contributed by atoms with Crippen molar-refractivity contribution in [3.05, 3.63) is 0 Å². The molecule has 0 aromatic heterocycles. The Morgan fingerprint density at radius 1 is 1.11 bits per heavy atom. The first-order valence-corrected chi connectivity index (χ1v) is 8.09. The average molecular weight is 251 g/mol. The van der Waals surface area contributed by atoms with Crippen molar-refractivity contribution in [1.82, 2.24) is 5.32 Å². The molecule has 0 amide bonds. The lowest BCUT2D eigenvalue weighted by Crippen LogP contribution is -2.37. The number of fused-ring (bicyclic) bond motifs is 2. The lowest BCUT2D eigenvalue weighted by atomic mass is 9.72. The Bertz CT molecular complexity index is 263. The van der Waals surface area contributed by atoms with Gasteiger partial charge in [0.15, 0.2) is 0 Å². The third kappa shape index (κ3) is 3.50. The van der Waals surface area contributed by atoms with Crippen LogP contribution < -0.4 is 5.32 Å². The molecule has 4 atom stereocenters. The Labute approximate surface area is 114 Å². The maximum Gasteiger partial charge on any atom is 0.00104 e. The van der Waals surface area contributed by atoms with Gasteiger partial charge in [-0.2, -0.15) is 0 Å². The van der Waals surface area contributed by atoms with Crippen molar-refractivity contribution in [3.63, 3.8) is 0 Å². The van der Waals surface area contributed by atoms with Gasteiger partial charge in [0, 0.05) is 6.04 Å². The molecular formula is C17H33N. The van der Waals surface area contributed by atoms with Crippen LogP contribution in [0.15, 0.2) is 0 Å². The molecule has 4 unspecified atom stereocenters. The second-order valence-corrected chi connectivity index (χ2v) is 8.30. The fraction of sp³-hybridized carbons (Fsp3) is 1.00. The van der Waals surface area contributed by atoms with E-state index in [1.807, 2.05) is 0 Å². The van der Waals surface area contributed by atoms with Crippen LogP contribution in [0.2, 0.25) is 0 Å². The minimum atomic E-state index is 0.448. The van der Waals surface area contributed by atoms with Gasteiger partial charge >= 0.3 is 0 Å². The van der Waals surface area contributed by atoms with E-state index in [1.165, 1.54) is 25.8 Å². The van der Waals surface area contributed by atoms with Gasteiger partial charge in [-0.15, -0.1) is 0 Å². The van der Waals surface area contributed by atoms with Gasteiger partial charge < -0.3 is 5.32 Å². The zero-order chi connectivity index (χ0) is 13.3. The van der Waals surface area contributed by atoms with E-state index in [-0.39, 0.29) is 0 Å². The molecular weight excluding hydrogens is 218 g/mol. The Morgan fingerprint density at radius 3 is 2.28 bits per heavy atom. The maximum atomic E-state index is 3.67. The summed E-state index contributed by atoms with van der Waals surface area (Å²) in [7, 11) is 0. The minimum absolute atomic E-state index is 0.448. The van der Waals surface area contributed by atoms with E-state index in [4.69, 9.17) is 0 Å². The van der Waals surface area contributed by atoms with Crippen LogP contribution in [0.5, 0.6) is 0 Å². The fourth-order valence-corrected chi connectivity index (χ4v) is 4.15. The van der Waals surface area contributed by atoms with Crippen molar-refractivity contribution in [2.45, 2.75) is 72.8 Å². The summed E-state index contributed by atoms with van der Waals surface area (Å²) in [6.07, 6.45) is 7.62. The molecule has 2 aliphatic carbocycles. The average Bonchev–Trinajstić information content (AvgIpc) is 2.83. The summed E-state index contributed by atoms with van der Waals surface area (Å²) < 4.78 is 0. The number of rotatable bonds is 5. The van der Waals surface area contributed by atoms with Gasteiger partial charge in [0.25, 0.3) is 0 Å². The van der Waals surface area contributed by atoms with Crippen LogP contribution in [-0.4, -0.2) is 12.6 Å². The summed E-state index contributed by atoms with van der Waals surface area (Å²) in [4.78, 5) is 0. The van der Waals surface area contributed by atoms with Crippen LogP contribution in [0.1, 0.15) is 66.7 Å². The van der Waals surface area contributed by atoms with Crippen LogP contribution in [0.4, 0.5) is 0 Å². The van der Waals surface area contributed by atoms with Crippen molar-refractivity contribution < 1.29 is 0 Å². The van der Waals surface area contributed by atoms with Crippen LogP contribution in [0.3, 0.4) is 0 Å². The van der Waals surface area contributed by atoms with Crippen LogP contribution in [0.25, 0.3) is 0 Å². The van der Waals surface area contributed by atoms with Crippen molar-refractivity contribution in [3.8, 4) is 0 Å². The molecule has 1 heteroatoms. The summed E-state index contributed by atoms with van der Waals surface area (Å²) in [5, 5.41) is 3.67. The molecule has 0 aromatic rings. The molecule has 2 aliphatic rings. The van der Waals surface area contributed by atoms with E-state index in [2.05, 4.69) is 39.9 Å². The third-order valence-electron chi connectivity index (χ3n) is 5.47. The molecule has 0 heterocycles. The van der Waals surface area contributed by atoms with E-state index >= 15 is 0 Å². The topological polar surface area (TPSA) is 12.0 Å². The molecule has 0 spiro atoms. The number of nitrogens with one attached hydrogen (secondary N) is 1. The molecule has 0 radical (unpaired) electrons. The maximum absolute atomic E-state index is 3.67. The zero-order valence-corrected chi connectivity index (χ0v) is 13.1. The van der Waals surface area contributed by atoms with Gasteiger partial charge in [-0.1, -0.05) is 41.0 Å². The van der Waals surface area contributed by atoms with Gasteiger partial charge in [-0.25, -0.2) is 0 Å². The zero-order valence-electron chi connectivity index (χ0n) is 13.1. The molecule has 2 bridgehead atoms. The highest BCUT2D eigenvalue weighted by Crippen LogP contribution is 2.51. The second kappa shape index (κ2) is 5.53. The lowest BCUT2D eigenvalue weighted by Gasteiger charge is -2.36. The quantitative estimate of drug-likeness (QED) is 0.760. The van der Waals surface area contributed by atoms with Gasteiger partial charge in [0.2, 0.25) is 0 Å². The SMILES string of the molecule is CC(C)NCC(CC1CC2CCC1C2)C(C)(C)C. The van der Waals surface area contributed by atoms with E-state index in [1.54, 1.807) is 12.8 Å². The smallest absolute Gasteiger partial charge is 0.00104 e. The van der Waals surface area contributed by atoms with Gasteiger partial charge in [0.1, 0.15) is 0 Å². The Balaban J connectivity index is 1.89. The highest BCUT2D eigenvalue weighted by Gasteiger charge is 2.41. The predicted molar refractivity (Wildman–Crippen MR) is 79.6 cm³/mol. The largest absolute Gasteiger partial charge is 0.314 e. The summed E-state index contributed by atoms with van der Waals surface area (Å²) in [6.45, 7) is 13.0. The first kappa shape index (κ1) is 14.4. The van der Waals surface area contributed by atoms with Crippen molar-refractivity contribution >= 4 is 0 Å². The van der Waals surface area contributed by atoms with Crippen molar-refractivity contribution in [1.29, 1.82) is 0 Å². The van der Waals surface area contributed by atoms with E-state index in [0.29, 0.717) is 11.5 Å². The Morgan fingerprint density at radius 2 is 1.83 bits per heavy atom. The normalized spacial score (nSPS) is 33.3. The molecule has 1 nitrogen and oxygen atoms in total. The van der Waals surface area contributed by atoms with Gasteiger partial charge in [0.05, 0.1) is 0 Å². The highest BCUT2D eigenvalue weighted by atomic mass is 14.9.